The molecule has 0 bridgehead atoms. The number of nitrogens with zero attached hydrogens (tertiary/aromatic N) is 1. The van der Waals surface area contributed by atoms with Gasteiger partial charge >= 0.3 is 11.9 Å². The van der Waals surface area contributed by atoms with Crippen LogP contribution in [-0.4, -0.2) is 31.4 Å². The fraction of sp³-hybridized carbons (Fsp3) is 0.148. The number of hydrogen-bond donors (Lipinski definition) is 0. The summed E-state index contributed by atoms with van der Waals surface area (Å²) in [5.41, 5.74) is 2.45. The lowest BCUT2D eigenvalue weighted by Gasteiger charge is -2.08. The average Bonchev–Trinajstić information content (AvgIpc) is 2.86. The molecule has 0 aliphatic rings. The standard InChI is InChI=1S/C27H25NO5/c1-3-26(29)32-18-17-31-24-15-11-23(12-16-24)27(30)33-25-13-9-21(10-14-25)19-28-20(2)22-7-5-4-6-8-22/h3-16,19-20H,1,17-18H2,2H3/t20-/m1/s1. The minimum atomic E-state index is -0.501. The Morgan fingerprint density at radius 1 is 0.909 bits per heavy atom. The third-order valence-electron chi connectivity index (χ3n) is 4.67. The molecule has 0 N–H and O–H groups in total. The van der Waals surface area contributed by atoms with Crippen molar-refractivity contribution in [2.24, 2.45) is 4.99 Å². The minimum absolute atomic E-state index is 0.0535. The first-order chi connectivity index (χ1) is 16.0. The van der Waals surface area contributed by atoms with E-state index in [1.807, 2.05) is 49.4 Å². The molecule has 0 aliphatic heterocycles. The largest absolute Gasteiger partial charge is 0.490 e. The van der Waals surface area contributed by atoms with Crippen LogP contribution in [0.5, 0.6) is 11.5 Å². The quantitative estimate of drug-likeness (QED) is 0.142. The van der Waals surface area contributed by atoms with Gasteiger partial charge in [0.2, 0.25) is 0 Å². The van der Waals surface area contributed by atoms with Gasteiger partial charge in [-0.1, -0.05) is 36.9 Å². The number of benzene rings is 3. The zero-order chi connectivity index (χ0) is 23.5. The van der Waals surface area contributed by atoms with Crippen LogP contribution in [0.25, 0.3) is 0 Å². The van der Waals surface area contributed by atoms with E-state index >= 15 is 0 Å². The number of rotatable bonds is 10. The summed E-state index contributed by atoms with van der Waals surface area (Å²) in [5.74, 6) is 0.0199. The highest BCUT2D eigenvalue weighted by Gasteiger charge is 2.09. The summed E-state index contributed by atoms with van der Waals surface area (Å²) in [6, 6.07) is 23.8. The van der Waals surface area contributed by atoms with Gasteiger partial charge in [0.25, 0.3) is 0 Å². The smallest absolute Gasteiger partial charge is 0.343 e. The van der Waals surface area contributed by atoms with Gasteiger partial charge in [0.1, 0.15) is 24.7 Å². The lowest BCUT2D eigenvalue weighted by molar-refractivity contribution is -0.138. The van der Waals surface area contributed by atoms with Crippen molar-refractivity contribution in [1.29, 1.82) is 0 Å². The molecule has 0 saturated carbocycles. The van der Waals surface area contributed by atoms with E-state index < -0.39 is 11.9 Å². The van der Waals surface area contributed by atoms with E-state index in [0.717, 1.165) is 17.2 Å². The van der Waals surface area contributed by atoms with Crippen molar-refractivity contribution in [3.05, 3.63) is 108 Å². The first-order valence-electron chi connectivity index (χ1n) is 10.5. The number of esters is 2. The first-order valence-corrected chi connectivity index (χ1v) is 10.5. The average molecular weight is 443 g/mol. The Labute approximate surface area is 193 Å². The molecule has 33 heavy (non-hydrogen) atoms. The molecule has 6 heteroatoms. The van der Waals surface area contributed by atoms with E-state index in [9.17, 15) is 9.59 Å². The highest BCUT2D eigenvalue weighted by molar-refractivity contribution is 5.91. The Bertz CT molecular complexity index is 1090. The van der Waals surface area contributed by atoms with Crippen LogP contribution in [0.2, 0.25) is 0 Å². The Kier molecular flexibility index (Phi) is 8.54. The van der Waals surface area contributed by atoms with Gasteiger partial charge in [0.15, 0.2) is 0 Å². The number of hydrogen-bond acceptors (Lipinski definition) is 6. The molecular formula is C27H25NO5. The van der Waals surface area contributed by atoms with Crippen LogP contribution in [0, 0.1) is 0 Å². The van der Waals surface area contributed by atoms with Crippen molar-refractivity contribution in [3.8, 4) is 11.5 Å². The summed E-state index contributed by atoms with van der Waals surface area (Å²) < 4.78 is 15.7. The summed E-state index contributed by atoms with van der Waals surface area (Å²) in [5, 5.41) is 0. The third-order valence-corrected chi connectivity index (χ3v) is 4.67. The second-order valence-corrected chi connectivity index (χ2v) is 7.07. The molecular weight excluding hydrogens is 418 g/mol. The Balaban J connectivity index is 1.49. The van der Waals surface area contributed by atoms with Crippen LogP contribution in [0.15, 0.2) is 96.5 Å². The van der Waals surface area contributed by atoms with Crippen molar-refractivity contribution in [2.45, 2.75) is 13.0 Å². The van der Waals surface area contributed by atoms with Crippen LogP contribution in [0.3, 0.4) is 0 Å². The highest BCUT2D eigenvalue weighted by Crippen LogP contribution is 2.18. The molecule has 0 heterocycles. The molecule has 1 atom stereocenters. The Hall–Kier alpha value is -4.19. The van der Waals surface area contributed by atoms with Gasteiger partial charge in [-0.25, -0.2) is 9.59 Å². The summed E-state index contributed by atoms with van der Waals surface area (Å²) >= 11 is 0. The lowest BCUT2D eigenvalue weighted by Crippen LogP contribution is -2.11. The van der Waals surface area contributed by atoms with Crippen LogP contribution >= 0.6 is 0 Å². The van der Waals surface area contributed by atoms with E-state index in [-0.39, 0.29) is 19.3 Å². The van der Waals surface area contributed by atoms with Crippen LogP contribution < -0.4 is 9.47 Å². The SMILES string of the molecule is C=CC(=O)OCCOc1ccc(C(=O)Oc2ccc(C=N[C@H](C)c3ccccc3)cc2)cc1. The van der Waals surface area contributed by atoms with Crippen molar-refractivity contribution in [3.63, 3.8) is 0 Å². The van der Waals surface area contributed by atoms with Crippen molar-refractivity contribution >= 4 is 18.2 Å². The van der Waals surface area contributed by atoms with E-state index in [2.05, 4.69) is 11.6 Å². The molecule has 0 aliphatic carbocycles. The number of aliphatic imine (C=N–C) groups is 1. The first kappa shape index (κ1) is 23.5. The van der Waals surface area contributed by atoms with Gasteiger partial charge in [0, 0.05) is 12.3 Å². The number of carbonyl (C=O) groups is 2. The molecule has 0 amide bonds. The minimum Gasteiger partial charge on any atom is -0.490 e. The molecule has 0 aromatic heterocycles. The molecule has 0 spiro atoms. The van der Waals surface area contributed by atoms with Crippen LogP contribution in [0.4, 0.5) is 0 Å². The maximum atomic E-state index is 12.4. The van der Waals surface area contributed by atoms with Gasteiger partial charge in [0.05, 0.1) is 11.6 Å². The lowest BCUT2D eigenvalue weighted by atomic mass is 10.1. The molecule has 0 unspecified atom stereocenters. The van der Waals surface area contributed by atoms with Crippen molar-refractivity contribution < 1.29 is 23.8 Å². The van der Waals surface area contributed by atoms with Crippen LogP contribution in [-0.2, 0) is 9.53 Å². The zero-order valence-electron chi connectivity index (χ0n) is 18.3. The molecule has 3 aromatic carbocycles. The summed E-state index contributed by atoms with van der Waals surface area (Å²) in [4.78, 5) is 27.9. The van der Waals surface area contributed by atoms with Gasteiger partial charge in [-0.2, -0.15) is 0 Å². The number of carbonyl (C=O) groups excluding carboxylic acids is 2. The molecule has 6 nitrogen and oxygen atoms in total. The van der Waals surface area contributed by atoms with E-state index in [1.54, 1.807) is 42.6 Å². The third kappa shape index (κ3) is 7.47. The normalized spacial score (nSPS) is 11.5. The topological polar surface area (TPSA) is 74.2 Å². The monoisotopic (exact) mass is 443 g/mol. The van der Waals surface area contributed by atoms with Gasteiger partial charge in [-0.05, 0) is 66.6 Å². The predicted molar refractivity (Wildman–Crippen MR) is 127 cm³/mol. The van der Waals surface area contributed by atoms with Crippen molar-refractivity contribution in [2.75, 3.05) is 13.2 Å². The molecule has 3 rings (SSSR count). The van der Waals surface area contributed by atoms with Gasteiger partial charge < -0.3 is 14.2 Å². The summed E-state index contributed by atoms with van der Waals surface area (Å²) in [6.45, 7) is 5.66. The van der Waals surface area contributed by atoms with Gasteiger partial charge in [-0.3, -0.25) is 4.99 Å². The molecule has 0 radical (unpaired) electrons. The maximum Gasteiger partial charge on any atom is 0.343 e. The molecule has 0 saturated heterocycles. The molecule has 3 aromatic rings. The molecule has 0 fully saturated rings. The van der Waals surface area contributed by atoms with Crippen LogP contribution in [0.1, 0.15) is 34.5 Å². The van der Waals surface area contributed by atoms with E-state index in [4.69, 9.17) is 14.2 Å². The summed E-state index contributed by atoms with van der Waals surface area (Å²) in [6.07, 6.45) is 2.90. The summed E-state index contributed by atoms with van der Waals surface area (Å²) in [7, 11) is 0. The van der Waals surface area contributed by atoms with E-state index in [0.29, 0.717) is 17.1 Å². The fourth-order valence-electron chi connectivity index (χ4n) is 2.85. The Morgan fingerprint density at radius 2 is 1.58 bits per heavy atom. The Morgan fingerprint density at radius 3 is 2.24 bits per heavy atom. The second kappa shape index (κ2) is 12.0. The van der Waals surface area contributed by atoms with Gasteiger partial charge in [-0.15, -0.1) is 0 Å². The fourth-order valence-corrected chi connectivity index (χ4v) is 2.85. The predicted octanol–water partition coefficient (Wildman–Crippen LogP) is 5.19. The van der Waals surface area contributed by atoms with Crippen molar-refractivity contribution in [1.82, 2.24) is 0 Å². The molecule has 168 valence electrons. The second-order valence-electron chi connectivity index (χ2n) is 7.07. The highest BCUT2D eigenvalue weighted by atomic mass is 16.6. The maximum absolute atomic E-state index is 12.4. The zero-order valence-corrected chi connectivity index (χ0v) is 18.3. The number of ether oxygens (including phenoxy) is 3. The van der Waals surface area contributed by atoms with E-state index in [1.165, 1.54) is 0 Å².